The third-order valence-corrected chi connectivity index (χ3v) is 3.37. The number of nitrogens with zero attached hydrogens (tertiary/aromatic N) is 3. The average molecular weight is 246 g/mol. The van der Waals surface area contributed by atoms with Crippen LogP contribution in [0.2, 0.25) is 0 Å². The summed E-state index contributed by atoms with van der Waals surface area (Å²) in [5, 5.41) is 22.8. The molecule has 0 radical (unpaired) electrons. The summed E-state index contributed by atoms with van der Waals surface area (Å²) in [6.07, 6.45) is 3.42. The molecule has 2 rings (SSSR count). The number of hydrogen-bond acceptors (Lipinski definition) is 5. The van der Waals surface area contributed by atoms with E-state index in [0.717, 1.165) is 6.42 Å². The topological polar surface area (TPSA) is 91.9 Å². The second kappa shape index (κ2) is 5.00. The van der Waals surface area contributed by atoms with Crippen LogP contribution in [0.4, 0.5) is 11.5 Å². The van der Waals surface area contributed by atoms with Crippen LogP contribution < -0.4 is 5.32 Å². The first kappa shape index (κ1) is 12.3. The fourth-order valence-electron chi connectivity index (χ4n) is 2.31. The highest BCUT2D eigenvalue weighted by Crippen LogP contribution is 2.28. The Morgan fingerprint density at radius 3 is 2.89 bits per heavy atom. The van der Waals surface area contributed by atoms with Crippen molar-refractivity contribution in [3.63, 3.8) is 0 Å². The average Bonchev–Trinajstić information content (AvgIpc) is 2.74. The number of hydrogen-bond donors (Lipinski definition) is 1. The van der Waals surface area contributed by atoms with E-state index in [-0.39, 0.29) is 11.4 Å². The maximum Gasteiger partial charge on any atom is 0.305 e. The Morgan fingerprint density at radius 2 is 2.33 bits per heavy atom. The molecular weight excluding hydrogens is 232 g/mol. The van der Waals surface area contributed by atoms with Crippen LogP contribution in [0.1, 0.15) is 31.9 Å². The number of nitriles is 1. The highest BCUT2D eigenvalue weighted by molar-refractivity contribution is 5.50. The van der Waals surface area contributed by atoms with Crippen LogP contribution in [0, 0.1) is 27.4 Å². The summed E-state index contributed by atoms with van der Waals surface area (Å²) in [7, 11) is 0. The summed E-state index contributed by atoms with van der Waals surface area (Å²) in [6.45, 7) is 2.17. The van der Waals surface area contributed by atoms with Crippen molar-refractivity contribution in [2.75, 3.05) is 5.32 Å². The molecule has 1 fully saturated rings. The lowest BCUT2D eigenvalue weighted by Crippen LogP contribution is -2.22. The van der Waals surface area contributed by atoms with E-state index in [1.165, 1.54) is 18.9 Å². The predicted octanol–water partition coefficient (Wildman–Crippen LogP) is 2.46. The van der Waals surface area contributed by atoms with Gasteiger partial charge in [0.25, 0.3) is 0 Å². The third-order valence-electron chi connectivity index (χ3n) is 3.37. The lowest BCUT2D eigenvalue weighted by atomic mass is 10.1. The number of rotatable bonds is 3. The molecule has 0 spiro atoms. The van der Waals surface area contributed by atoms with E-state index in [0.29, 0.717) is 17.8 Å². The van der Waals surface area contributed by atoms with Crippen LogP contribution in [-0.4, -0.2) is 15.9 Å². The Bertz CT molecular complexity index is 509. The molecule has 0 aliphatic heterocycles. The van der Waals surface area contributed by atoms with E-state index in [1.54, 1.807) is 12.1 Å². The summed E-state index contributed by atoms with van der Waals surface area (Å²) in [4.78, 5) is 14.1. The smallest absolute Gasteiger partial charge is 0.305 e. The quantitative estimate of drug-likeness (QED) is 0.653. The molecule has 2 unspecified atom stereocenters. The molecule has 0 amide bonds. The largest absolute Gasteiger partial charge is 0.367 e. The number of nitrogens with one attached hydrogen (secondary N) is 1. The minimum absolute atomic E-state index is 0.143. The van der Waals surface area contributed by atoms with Gasteiger partial charge in [0.1, 0.15) is 11.9 Å². The Kier molecular flexibility index (Phi) is 3.42. The van der Waals surface area contributed by atoms with Gasteiger partial charge in [-0.2, -0.15) is 5.26 Å². The van der Waals surface area contributed by atoms with Crippen molar-refractivity contribution in [1.82, 2.24) is 4.98 Å². The second-order valence-corrected chi connectivity index (χ2v) is 4.59. The molecule has 1 heterocycles. The molecule has 94 valence electrons. The van der Waals surface area contributed by atoms with Crippen LogP contribution >= 0.6 is 0 Å². The fraction of sp³-hybridized carbons (Fsp3) is 0.500. The molecule has 1 aliphatic rings. The maximum atomic E-state index is 10.7. The highest BCUT2D eigenvalue weighted by Gasteiger charge is 2.24. The molecule has 0 bridgehead atoms. The second-order valence-electron chi connectivity index (χ2n) is 4.59. The molecule has 6 nitrogen and oxygen atoms in total. The first-order valence-corrected chi connectivity index (χ1v) is 5.94. The molecule has 1 saturated carbocycles. The molecule has 0 aromatic carbocycles. The highest BCUT2D eigenvalue weighted by atomic mass is 16.6. The van der Waals surface area contributed by atoms with Crippen molar-refractivity contribution in [1.29, 1.82) is 5.26 Å². The van der Waals surface area contributed by atoms with Crippen molar-refractivity contribution in [2.24, 2.45) is 5.92 Å². The molecule has 1 aromatic rings. The van der Waals surface area contributed by atoms with Crippen molar-refractivity contribution in [3.05, 3.63) is 27.9 Å². The zero-order valence-corrected chi connectivity index (χ0v) is 10.1. The van der Waals surface area contributed by atoms with Crippen LogP contribution in [-0.2, 0) is 0 Å². The van der Waals surface area contributed by atoms with Gasteiger partial charge in [-0.15, -0.1) is 0 Å². The number of anilines is 1. The summed E-state index contributed by atoms with van der Waals surface area (Å²) in [5.74, 6) is 1.10. The van der Waals surface area contributed by atoms with E-state index < -0.39 is 4.92 Å². The Morgan fingerprint density at radius 1 is 1.56 bits per heavy atom. The van der Waals surface area contributed by atoms with Gasteiger partial charge in [-0.25, -0.2) is 4.98 Å². The zero-order chi connectivity index (χ0) is 13.1. The van der Waals surface area contributed by atoms with E-state index in [1.807, 2.05) is 0 Å². The van der Waals surface area contributed by atoms with Crippen LogP contribution in [0.25, 0.3) is 0 Å². The SMILES string of the molecule is CC1CCCC1Nc1ccc([N+](=O)[O-])c(C#N)n1. The molecule has 18 heavy (non-hydrogen) atoms. The van der Waals surface area contributed by atoms with Gasteiger partial charge in [-0.1, -0.05) is 13.3 Å². The van der Waals surface area contributed by atoms with Gasteiger partial charge in [0.2, 0.25) is 5.69 Å². The van der Waals surface area contributed by atoms with Gasteiger partial charge < -0.3 is 5.32 Å². The minimum atomic E-state index is -0.590. The van der Waals surface area contributed by atoms with Gasteiger partial charge in [-0.3, -0.25) is 10.1 Å². The van der Waals surface area contributed by atoms with E-state index in [4.69, 9.17) is 5.26 Å². The molecular formula is C12H14N4O2. The van der Waals surface area contributed by atoms with Crippen molar-refractivity contribution in [3.8, 4) is 6.07 Å². The normalized spacial score (nSPS) is 22.4. The Balaban J connectivity index is 2.20. The lowest BCUT2D eigenvalue weighted by Gasteiger charge is -2.17. The van der Waals surface area contributed by atoms with E-state index in [9.17, 15) is 10.1 Å². The lowest BCUT2D eigenvalue weighted by molar-refractivity contribution is -0.385. The summed E-state index contributed by atoms with van der Waals surface area (Å²) in [5.41, 5.74) is -0.391. The van der Waals surface area contributed by atoms with Gasteiger partial charge in [0.15, 0.2) is 0 Å². The predicted molar refractivity (Wildman–Crippen MR) is 66.0 cm³/mol. The molecule has 1 N–H and O–H groups in total. The first-order valence-electron chi connectivity index (χ1n) is 5.94. The van der Waals surface area contributed by atoms with Gasteiger partial charge >= 0.3 is 5.69 Å². The van der Waals surface area contributed by atoms with Gasteiger partial charge in [0, 0.05) is 12.1 Å². The summed E-state index contributed by atoms with van der Waals surface area (Å²) < 4.78 is 0. The first-order chi connectivity index (χ1) is 8.61. The van der Waals surface area contributed by atoms with Crippen LogP contribution in [0.15, 0.2) is 12.1 Å². The summed E-state index contributed by atoms with van der Waals surface area (Å²) in [6, 6.07) is 4.99. The minimum Gasteiger partial charge on any atom is -0.367 e. The Hall–Kier alpha value is -2.16. The zero-order valence-electron chi connectivity index (χ0n) is 10.1. The summed E-state index contributed by atoms with van der Waals surface area (Å²) >= 11 is 0. The van der Waals surface area contributed by atoms with Crippen molar-refractivity contribution >= 4 is 11.5 Å². The molecule has 6 heteroatoms. The van der Waals surface area contributed by atoms with Crippen LogP contribution in [0.3, 0.4) is 0 Å². The fourth-order valence-corrected chi connectivity index (χ4v) is 2.31. The molecule has 1 aromatic heterocycles. The monoisotopic (exact) mass is 246 g/mol. The molecule has 0 saturated heterocycles. The van der Waals surface area contributed by atoms with Gasteiger partial charge in [-0.05, 0) is 24.8 Å². The van der Waals surface area contributed by atoms with E-state index >= 15 is 0 Å². The number of aromatic nitrogens is 1. The molecule has 1 aliphatic carbocycles. The third kappa shape index (κ3) is 2.40. The maximum absolute atomic E-state index is 10.7. The van der Waals surface area contributed by atoms with Gasteiger partial charge in [0.05, 0.1) is 4.92 Å². The number of pyridine rings is 1. The van der Waals surface area contributed by atoms with Crippen molar-refractivity contribution in [2.45, 2.75) is 32.2 Å². The Labute approximate surface area is 105 Å². The standard InChI is InChI=1S/C12H14N4O2/c1-8-3-2-4-9(8)14-12-6-5-11(16(17)18)10(7-13)15-12/h5-6,8-9H,2-4H2,1H3,(H,14,15). The van der Waals surface area contributed by atoms with Crippen LogP contribution in [0.5, 0.6) is 0 Å². The number of nitro groups is 1. The van der Waals surface area contributed by atoms with E-state index in [2.05, 4.69) is 17.2 Å². The van der Waals surface area contributed by atoms with Crippen molar-refractivity contribution < 1.29 is 4.92 Å². The molecule has 2 atom stereocenters.